The fourth-order valence-corrected chi connectivity index (χ4v) is 1.14. The van der Waals surface area contributed by atoms with Crippen molar-refractivity contribution in [1.29, 1.82) is 0 Å². The monoisotopic (exact) mass is 159 g/mol. The van der Waals surface area contributed by atoms with Crippen LogP contribution in [0.3, 0.4) is 0 Å². The van der Waals surface area contributed by atoms with Crippen LogP contribution in [-0.4, -0.2) is 29.3 Å². The van der Waals surface area contributed by atoms with E-state index in [-0.39, 0.29) is 6.23 Å². The molecule has 0 radical (unpaired) electrons. The summed E-state index contributed by atoms with van der Waals surface area (Å²) in [6.45, 7) is 8.26. The molecular formula is C9H21NO. The van der Waals surface area contributed by atoms with E-state index < -0.39 is 0 Å². The molecule has 1 unspecified atom stereocenters. The van der Waals surface area contributed by atoms with Gasteiger partial charge in [-0.15, -0.1) is 0 Å². The SMILES string of the molecule is CCCCN(CC)C(O)CC. The number of hydrogen-bond donors (Lipinski definition) is 1. The van der Waals surface area contributed by atoms with Crippen molar-refractivity contribution in [1.82, 2.24) is 4.90 Å². The van der Waals surface area contributed by atoms with Crippen molar-refractivity contribution >= 4 is 0 Å². The van der Waals surface area contributed by atoms with E-state index >= 15 is 0 Å². The zero-order valence-electron chi connectivity index (χ0n) is 8.01. The van der Waals surface area contributed by atoms with Crippen LogP contribution >= 0.6 is 0 Å². The van der Waals surface area contributed by atoms with Crippen LogP contribution in [0, 0.1) is 0 Å². The summed E-state index contributed by atoms with van der Waals surface area (Å²) in [7, 11) is 0. The molecule has 0 amide bonds. The van der Waals surface area contributed by atoms with Crippen LogP contribution in [0.25, 0.3) is 0 Å². The molecule has 0 aliphatic heterocycles. The van der Waals surface area contributed by atoms with Gasteiger partial charge in [0.05, 0.1) is 0 Å². The van der Waals surface area contributed by atoms with Gasteiger partial charge in [-0.1, -0.05) is 27.2 Å². The highest BCUT2D eigenvalue weighted by Crippen LogP contribution is 2.02. The number of aliphatic hydroxyl groups excluding tert-OH is 1. The Labute approximate surface area is 70.2 Å². The summed E-state index contributed by atoms with van der Waals surface area (Å²) in [5, 5.41) is 9.47. The number of hydrogen-bond acceptors (Lipinski definition) is 2. The zero-order chi connectivity index (χ0) is 8.69. The molecule has 0 aromatic rings. The third kappa shape index (κ3) is 4.38. The second kappa shape index (κ2) is 6.62. The molecule has 0 aromatic carbocycles. The average molecular weight is 159 g/mol. The van der Waals surface area contributed by atoms with Gasteiger partial charge in [-0.3, -0.25) is 4.90 Å². The Hall–Kier alpha value is -0.0800. The Morgan fingerprint density at radius 3 is 2.27 bits per heavy atom. The average Bonchev–Trinajstić information content (AvgIpc) is 2.05. The number of aliphatic hydroxyl groups is 1. The Morgan fingerprint density at radius 2 is 1.91 bits per heavy atom. The van der Waals surface area contributed by atoms with Crippen molar-refractivity contribution < 1.29 is 5.11 Å². The maximum atomic E-state index is 9.47. The third-order valence-corrected chi connectivity index (χ3v) is 1.99. The van der Waals surface area contributed by atoms with Crippen LogP contribution in [0.5, 0.6) is 0 Å². The second-order valence-corrected chi connectivity index (χ2v) is 2.87. The lowest BCUT2D eigenvalue weighted by atomic mass is 10.3. The smallest absolute Gasteiger partial charge is 0.107 e. The molecule has 0 aromatic heterocycles. The minimum atomic E-state index is -0.230. The standard InChI is InChI=1S/C9H21NO/c1-4-7-8-10(6-3)9(11)5-2/h9,11H,4-8H2,1-3H3. The number of rotatable bonds is 6. The van der Waals surface area contributed by atoms with E-state index in [0.717, 1.165) is 19.5 Å². The quantitative estimate of drug-likeness (QED) is 0.598. The molecule has 0 aliphatic rings. The molecule has 68 valence electrons. The molecular weight excluding hydrogens is 138 g/mol. The first-order valence-electron chi connectivity index (χ1n) is 4.68. The van der Waals surface area contributed by atoms with Gasteiger partial charge >= 0.3 is 0 Å². The van der Waals surface area contributed by atoms with Gasteiger partial charge in [0.15, 0.2) is 0 Å². The van der Waals surface area contributed by atoms with Gasteiger partial charge < -0.3 is 5.11 Å². The fraction of sp³-hybridized carbons (Fsp3) is 1.00. The van der Waals surface area contributed by atoms with E-state index in [1.54, 1.807) is 0 Å². The molecule has 0 rings (SSSR count). The molecule has 0 saturated heterocycles. The van der Waals surface area contributed by atoms with E-state index in [1.807, 2.05) is 6.92 Å². The predicted octanol–water partition coefficient (Wildman–Crippen LogP) is 1.84. The van der Waals surface area contributed by atoms with Crippen molar-refractivity contribution in [2.45, 2.75) is 46.3 Å². The Morgan fingerprint density at radius 1 is 1.27 bits per heavy atom. The number of unbranched alkanes of at least 4 members (excludes halogenated alkanes) is 1. The minimum Gasteiger partial charge on any atom is -0.378 e. The lowest BCUT2D eigenvalue weighted by molar-refractivity contribution is 0.00395. The summed E-state index contributed by atoms with van der Waals surface area (Å²) in [4.78, 5) is 2.11. The van der Waals surface area contributed by atoms with Crippen LogP contribution < -0.4 is 0 Å². The molecule has 0 aliphatic carbocycles. The highest BCUT2D eigenvalue weighted by Gasteiger charge is 2.09. The summed E-state index contributed by atoms with van der Waals surface area (Å²) in [5.74, 6) is 0. The lowest BCUT2D eigenvalue weighted by Crippen LogP contribution is -2.35. The summed E-state index contributed by atoms with van der Waals surface area (Å²) in [5.41, 5.74) is 0. The van der Waals surface area contributed by atoms with Crippen LogP contribution in [0.4, 0.5) is 0 Å². The van der Waals surface area contributed by atoms with Crippen LogP contribution in [0.15, 0.2) is 0 Å². The maximum Gasteiger partial charge on any atom is 0.107 e. The lowest BCUT2D eigenvalue weighted by Gasteiger charge is -2.25. The Balaban J connectivity index is 3.56. The van der Waals surface area contributed by atoms with E-state index in [2.05, 4.69) is 18.7 Å². The van der Waals surface area contributed by atoms with E-state index in [9.17, 15) is 5.11 Å². The van der Waals surface area contributed by atoms with Crippen molar-refractivity contribution in [3.05, 3.63) is 0 Å². The van der Waals surface area contributed by atoms with Crippen molar-refractivity contribution in [3.63, 3.8) is 0 Å². The molecule has 2 nitrogen and oxygen atoms in total. The molecule has 2 heteroatoms. The van der Waals surface area contributed by atoms with Crippen LogP contribution in [0.1, 0.15) is 40.0 Å². The summed E-state index contributed by atoms with van der Waals surface area (Å²) < 4.78 is 0. The molecule has 0 spiro atoms. The number of nitrogens with zero attached hydrogens (tertiary/aromatic N) is 1. The van der Waals surface area contributed by atoms with Gasteiger partial charge in [-0.2, -0.15) is 0 Å². The van der Waals surface area contributed by atoms with Gasteiger partial charge in [-0.25, -0.2) is 0 Å². The third-order valence-electron chi connectivity index (χ3n) is 1.99. The zero-order valence-corrected chi connectivity index (χ0v) is 8.01. The molecule has 0 heterocycles. The summed E-state index contributed by atoms with van der Waals surface area (Å²) in [6, 6.07) is 0. The van der Waals surface area contributed by atoms with Gasteiger partial charge in [0, 0.05) is 6.54 Å². The normalized spacial score (nSPS) is 13.9. The van der Waals surface area contributed by atoms with Gasteiger partial charge in [0.1, 0.15) is 6.23 Å². The van der Waals surface area contributed by atoms with Gasteiger partial charge in [0.2, 0.25) is 0 Å². The maximum absolute atomic E-state index is 9.47. The summed E-state index contributed by atoms with van der Waals surface area (Å²) >= 11 is 0. The second-order valence-electron chi connectivity index (χ2n) is 2.87. The van der Waals surface area contributed by atoms with Crippen molar-refractivity contribution in [3.8, 4) is 0 Å². The summed E-state index contributed by atoms with van der Waals surface area (Å²) in [6.07, 6.45) is 2.99. The first-order valence-corrected chi connectivity index (χ1v) is 4.68. The minimum absolute atomic E-state index is 0.230. The molecule has 11 heavy (non-hydrogen) atoms. The largest absolute Gasteiger partial charge is 0.378 e. The van der Waals surface area contributed by atoms with Gasteiger partial charge in [-0.05, 0) is 19.4 Å². The van der Waals surface area contributed by atoms with Crippen LogP contribution in [0.2, 0.25) is 0 Å². The Kier molecular flexibility index (Phi) is 6.57. The molecule has 1 atom stereocenters. The van der Waals surface area contributed by atoms with Crippen molar-refractivity contribution in [2.75, 3.05) is 13.1 Å². The molecule has 1 N–H and O–H groups in total. The topological polar surface area (TPSA) is 23.5 Å². The fourth-order valence-electron chi connectivity index (χ4n) is 1.14. The highest BCUT2D eigenvalue weighted by atomic mass is 16.3. The van der Waals surface area contributed by atoms with E-state index in [4.69, 9.17) is 0 Å². The van der Waals surface area contributed by atoms with E-state index in [0.29, 0.717) is 0 Å². The van der Waals surface area contributed by atoms with Gasteiger partial charge in [0.25, 0.3) is 0 Å². The highest BCUT2D eigenvalue weighted by molar-refractivity contribution is 4.57. The predicted molar refractivity (Wildman–Crippen MR) is 48.5 cm³/mol. The molecule has 0 bridgehead atoms. The molecule has 0 saturated carbocycles. The first-order chi connectivity index (χ1) is 5.26. The van der Waals surface area contributed by atoms with E-state index in [1.165, 1.54) is 12.8 Å². The molecule has 0 fully saturated rings. The van der Waals surface area contributed by atoms with Crippen molar-refractivity contribution in [2.24, 2.45) is 0 Å². The van der Waals surface area contributed by atoms with Crippen LogP contribution in [-0.2, 0) is 0 Å². The Bertz CT molecular complexity index is 85.6. The first kappa shape index (κ1) is 10.9.